The third-order valence-corrected chi connectivity index (χ3v) is 8.61. The maximum Gasteiger partial charge on any atom is 0.224 e. The predicted octanol–water partition coefficient (Wildman–Crippen LogP) is 2.45. The van der Waals surface area contributed by atoms with Crippen LogP contribution in [0, 0.1) is 17.8 Å². The van der Waals surface area contributed by atoms with E-state index in [1.807, 2.05) is 38.1 Å². The molecule has 0 spiro atoms. The fourth-order valence-electron chi connectivity index (χ4n) is 5.14. The number of benzene rings is 1. The molecule has 3 rings (SSSR count). The van der Waals surface area contributed by atoms with Gasteiger partial charge in [0.05, 0.1) is 22.3 Å². The summed E-state index contributed by atoms with van der Waals surface area (Å²) >= 11 is 1.26. The Morgan fingerprint density at radius 2 is 1.89 bits per heavy atom. The molecule has 1 fully saturated rings. The summed E-state index contributed by atoms with van der Waals surface area (Å²) in [6.45, 7) is 6.24. The van der Waals surface area contributed by atoms with E-state index in [-0.39, 0.29) is 66.1 Å². The minimum Gasteiger partial charge on any atom is -0.370 e. The highest BCUT2D eigenvalue weighted by Gasteiger charge is 2.32. The highest BCUT2D eigenvalue weighted by atomic mass is 32.1. The zero-order chi connectivity index (χ0) is 32.2. The molecule has 2 heterocycles. The van der Waals surface area contributed by atoms with Gasteiger partial charge in [-0.3, -0.25) is 29.0 Å². The van der Waals surface area contributed by atoms with E-state index < -0.39 is 29.8 Å². The van der Waals surface area contributed by atoms with Crippen LogP contribution in [0.1, 0.15) is 81.9 Å². The second-order valence-corrected chi connectivity index (χ2v) is 12.9. The molecule has 12 nitrogen and oxygen atoms in total. The number of aliphatic imine (C=N–C) groups is 1. The number of rotatable bonds is 10. The molecule has 44 heavy (non-hydrogen) atoms. The van der Waals surface area contributed by atoms with Gasteiger partial charge in [0.1, 0.15) is 0 Å². The Balaban J connectivity index is 1.83. The molecule has 0 bridgehead atoms. The molecule has 2 aromatic rings. The number of hydrogen-bond acceptors (Lipinski definition) is 8. The second kappa shape index (κ2) is 16.8. The van der Waals surface area contributed by atoms with E-state index in [1.165, 1.54) is 11.3 Å². The molecular formula is C31H45N7O5S. The zero-order valence-corrected chi connectivity index (χ0v) is 26.6. The van der Waals surface area contributed by atoms with Crippen molar-refractivity contribution in [2.45, 2.75) is 84.2 Å². The van der Waals surface area contributed by atoms with Crippen LogP contribution in [0.25, 0.3) is 10.2 Å². The summed E-state index contributed by atoms with van der Waals surface area (Å²) in [5.41, 5.74) is 11.6. The first-order chi connectivity index (χ1) is 20.9. The van der Waals surface area contributed by atoms with Gasteiger partial charge in [-0.05, 0) is 50.2 Å². The van der Waals surface area contributed by atoms with Crippen molar-refractivity contribution in [2.24, 2.45) is 34.2 Å². The molecule has 0 aliphatic carbocycles. The lowest BCUT2D eigenvalue weighted by Crippen LogP contribution is -2.47. The molecule has 0 saturated carbocycles. The SMILES string of the molecule is CC(C)C[C@@H]1NC(=O)[C@@H](C)CC(=O)NCCCCC(C(=O)N[C@@H](CCCN=C(N)N)C(=O)c2nc3ccccc3s2)CC1=O. The number of carbonyl (C=O) groups is 5. The molecule has 1 aromatic heterocycles. The molecule has 1 aromatic carbocycles. The summed E-state index contributed by atoms with van der Waals surface area (Å²) in [7, 11) is 0. The molecule has 1 aliphatic rings. The van der Waals surface area contributed by atoms with Crippen LogP contribution in [0.15, 0.2) is 29.3 Å². The van der Waals surface area contributed by atoms with E-state index in [4.69, 9.17) is 11.5 Å². The van der Waals surface area contributed by atoms with Crippen LogP contribution in [0.4, 0.5) is 0 Å². The van der Waals surface area contributed by atoms with Crippen LogP contribution >= 0.6 is 11.3 Å². The Kier molecular flexibility index (Phi) is 13.2. The van der Waals surface area contributed by atoms with E-state index in [1.54, 1.807) is 6.92 Å². The molecule has 240 valence electrons. The number of nitrogens with two attached hydrogens (primary N) is 2. The van der Waals surface area contributed by atoms with Crippen molar-refractivity contribution >= 4 is 56.8 Å². The van der Waals surface area contributed by atoms with Gasteiger partial charge in [0.2, 0.25) is 23.5 Å². The number of guanidine groups is 1. The summed E-state index contributed by atoms with van der Waals surface area (Å²) in [5, 5.41) is 8.85. The molecule has 7 N–H and O–H groups in total. The van der Waals surface area contributed by atoms with Crippen molar-refractivity contribution in [3.63, 3.8) is 0 Å². The first kappa shape index (κ1) is 34.6. The van der Waals surface area contributed by atoms with Gasteiger partial charge in [-0.15, -0.1) is 11.3 Å². The highest BCUT2D eigenvalue weighted by Crippen LogP contribution is 2.24. The van der Waals surface area contributed by atoms with Gasteiger partial charge in [0.25, 0.3) is 0 Å². The van der Waals surface area contributed by atoms with E-state index in [2.05, 4.69) is 25.9 Å². The molecule has 4 atom stereocenters. The number of carbonyl (C=O) groups excluding carboxylic acids is 5. The minimum atomic E-state index is -0.897. The Hall–Kier alpha value is -3.87. The van der Waals surface area contributed by atoms with Gasteiger partial charge in [-0.1, -0.05) is 39.3 Å². The number of ketones is 2. The number of nitrogens with zero attached hydrogens (tertiary/aromatic N) is 2. The third-order valence-electron chi connectivity index (χ3n) is 7.55. The van der Waals surface area contributed by atoms with Gasteiger partial charge in [0, 0.05) is 37.8 Å². The normalized spacial score (nSPS) is 21.2. The number of hydrogen-bond donors (Lipinski definition) is 5. The molecule has 13 heteroatoms. The van der Waals surface area contributed by atoms with Gasteiger partial charge in [0.15, 0.2) is 16.8 Å². The topological polar surface area (TPSA) is 199 Å². The monoisotopic (exact) mass is 627 g/mol. The van der Waals surface area contributed by atoms with Crippen molar-refractivity contribution in [3.05, 3.63) is 29.3 Å². The summed E-state index contributed by atoms with van der Waals surface area (Å²) in [6.07, 6.45) is 2.63. The smallest absolute Gasteiger partial charge is 0.224 e. The number of thiazole rings is 1. The quantitative estimate of drug-likeness (QED) is 0.114. The van der Waals surface area contributed by atoms with Crippen LogP contribution in [0.3, 0.4) is 0 Å². The fraction of sp³-hybridized carbons (Fsp3) is 0.581. The second-order valence-electron chi connectivity index (χ2n) is 11.9. The van der Waals surface area contributed by atoms with E-state index in [0.717, 1.165) is 4.70 Å². The largest absolute Gasteiger partial charge is 0.370 e. The first-order valence-electron chi connectivity index (χ1n) is 15.3. The van der Waals surface area contributed by atoms with Gasteiger partial charge < -0.3 is 27.4 Å². The predicted molar refractivity (Wildman–Crippen MR) is 171 cm³/mol. The molecule has 1 saturated heterocycles. The lowest BCUT2D eigenvalue weighted by molar-refractivity contribution is -0.134. The number of Topliss-reactive ketones (excluding diaryl/α,β-unsaturated/α-hetero) is 2. The van der Waals surface area contributed by atoms with Crippen LogP contribution in [0.5, 0.6) is 0 Å². The molecule has 1 unspecified atom stereocenters. The number of fused-ring (bicyclic) bond motifs is 1. The Bertz CT molecular complexity index is 1320. The van der Waals surface area contributed by atoms with E-state index in [9.17, 15) is 24.0 Å². The first-order valence-corrected chi connectivity index (χ1v) is 16.1. The third kappa shape index (κ3) is 10.7. The molecule has 1 aliphatic heterocycles. The van der Waals surface area contributed by atoms with Crippen molar-refractivity contribution in [2.75, 3.05) is 13.1 Å². The number of amides is 3. The number of nitrogens with one attached hydrogen (secondary N) is 3. The minimum absolute atomic E-state index is 0.0344. The lowest BCUT2D eigenvalue weighted by atomic mass is 9.89. The van der Waals surface area contributed by atoms with Crippen molar-refractivity contribution in [1.82, 2.24) is 20.9 Å². The van der Waals surface area contributed by atoms with Crippen molar-refractivity contribution < 1.29 is 24.0 Å². The van der Waals surface area contributed by atoms with Gasteiger partial charge in [-0.25, -0.2) is 4.98 Å². The average molecular weight is 628 g/mol. The summed E-state index contributed by atoms with van der Waals surface area (Å²) < 4.78 is 0.859. The molecular weight excluding hydrogens is 582 g/mol. The van der Waals surface area contributed by atoms with Crippen molar-refractivity contribution in [3.8, 4) is 0 Å². The summed E-state index contributed by atoms with van der Waals surface area (Å²) in [6, 6.07) is 5.74. The Morgan fingerprint density at radius 3 is 2.59 bits per heavy atom. The van der Waals surface area contributed by atoms with Gasteiger partial charge in [-0.2, -0.15) is 0 Å². The van der Waals surface area contributed by atoms with Crippen LogP contribution in [-0.2, 0) is 19.2 Å². The zero-order valence-electron chi connectivity index (χ0n) is 25.8. The number of para-hydroxylation sites is 1. The fourth-order valence-corrected chi connectivity index (χ4v) is 6.10. The number of aromatic nitrogens is 1. The molecule has 0 radical (unpaired) electrons. The van der Waals surface area contributed by atoms with E-state index in [0.29, 0.717) is 44.2 Å². The summed E-state index contributed by atoms with van der Waals surface area (Å²) in [5.74, 6) is -2.88. The average Bonchev–Trinajstić information content (AvgIpc) is 3.40. The summed E-state index contributed by atoms with van der Waals surface area (Å²) in [4.78, 5) is 74.7. The standard InChI is InChI=1S/C31H45N7O5S/c1-18(2)15-23-24(39)17-20(9-6-7-13-34-26(40)16-19(3)28(42)37-23)29(43)36-22(11-8-14-35-31(32)33)27(41)30-38-21-10-4-5-12-25(21)44-30/h4-5,10,12,18-20,22-23H,6-9,11,13-17H2,1-3H3,(H,34,40)(H,36,43)(H,37,42)(H4,32,33,35)/t19-,20?,22-,23-/m0/s1. The van der Waals surface area contributed by atoms with Gasteiger partial charge >= 0.3 is 0 Å². The van der Waals surface area contributed by atoms with Crippen LogP contribution < -0.4 is 27.4 Å². The van der Waals surface area contributed by atoms with Crippen LogP contribution in [0.2, 0.25) is 0 Å². The van der Waals surface area contributed by atoms with E-state index >= 15 is 0 Å². The maximum absolute atomic E-state index is 13.8. The Morgan fingerprint density at radius 1 is 1.14 bits per heavy atom. The van der Waals surface area contributed by atoms with Crippen LogP contribution in [-0.4, -0.2) is 65.4 Å². The van der Waals surface area contributed by atoms with Crippen molar-refractivity contribution in [1.29, 1.82) is 0 Å². The molecule has 3 amide bonds. The highest BCUT2D eigenvalue weighted by molar-refractivity contribution is 7.20. The Labute approximate surface area is 262 Å². The lowest BCUT2D eigenvalue weighted by Gasteiger charge is -2.25. The maximum atomic E-state index is 13.8.